The number of likely N-dealkylation sites (N-methyl/N-ethyl adjacent to an activating group) is 1. The van der Waals surface area contributed by atoms with Crippen molar-refractivity contribution in [2.45, 2.75) is 225 Å². The van der Waals surface area contributed by atoms with Crippen LogP contribution >= 0.6 is 7.82 Å². The molecule has 0 spiro atoms. The van der Waals surface area contributed by atoms with E-state index in [1.165, 1.54) is 96.3 Å². The van der Waals surface area contributed by atoms with Crippen LogP contribution in [-0.2, 0) is 27.9 Å². The van der Waals surface area contributed by atoms with Crippen LogP contribution in [0.5, 0.6) is 0 Å². The molecule has 2 atom stereocenters. The van der Waals surface area contributed by atoms with E-state index in [1.54, 1.807) is 0 Å². The lowest BCUT2D eigenvalue weighted by Gasteiger charge is -2.24. The highest BCUT2D eigenvalue weighted by Crippen LogP contribution is 2.43. The Hall–Kier alpha value is -2.84. The molecular weight excluding hydrogens is 902 g/mol. The van der Waals surface area contributed by atoms with E-state index in [9.17, 15) is 14.3 Å². The first-order valence-corrected chi connectivity index (χ1v) is 30.1. The fraction of sp³-hybridized carbons (Fsp3) is 0.694. The molecule has 408 valence electrons. The van der Waals surface area contributed by atoms with Crippen LogP contribution in [0.1, 0.15) is 219 Å². The van der Waals surface area contributed by atoms with Crippen molar-refractivity contribution in [2.24, 2.45) is 0 Å². The zero-order valence-corrected chi connectivity index (χ0v) is 47.3. The normalized spacial score (nSPS) is 14.3. The van der Waals surface area contributed by atoms with E-state index in [2.05, 4.69) is 123 Å². The van der Waals surface area contributed by atoms with E-state index in [4.69, 9.17) is 18.5 Å². The Bertz CT molecular complexity index is 1500. The summed E-state index contributed by atoms with van der Waals surface area (Å²) in [5, 5.41) is 0. The molecule has 0 aromatic carbocycles. The van der Waals surface area contributed by atoms with Crippen molar-refractivity contribution in [1.29, 1.82) is 0 Å². The number of rotatable bonds is 52. The second-order valence-electron chi connectivity index (χ2n) is 19.9. The number of unbranched alkanes of at least 4 members (excludes halogenated alkanes) is 20. The van der Waals surface area contributed by atoms with Crippen molar-refractivity contribution >= 4 is 13.8 Å². The lowest BCUT2D eigenvalue weighted by molar-refractivity contribution is -0.870. The molecule has 0 aliphatic carbocycles. The number of allylic oxidation sites excluding steroid dienone is 18. The summed E-state index contributed by atoms with van der Waals surface area (Å²) in [5.41, 5.74) is 0. The van der Waals surface area contributed by atoms with E-state index in [0.29, 0.717) is 24.1 Å². The largest absolute Gasteiger partial charge is 0.472 e. The number of nitrogens with zero attached hydrogens (tertiary/aromatic N) is 1. The van der Waals surface area contributed by atoms with Crippen LogP contribution < -0.4 is 0 Å². The Morgan fingerprint density at radius 1 is 0.451 bits per heavy atom. The number of esters is 1. The Balaban J connectivity index is 4.17. The average molecular weight is 1010 g/mol. The second-order valence-corrected chi connectivity index (χ2v) is 21.4. The molecule has 1 N–H and O–H groups in total. The zero-order valence-electron chi connectivity index (χ0n) is 46.4. The molecule has 8 nitrogen and oxygen atoms in total. The van der Waals surface area contributed by atoms with Gasteiger partial charge in [0.25, 0.3) is 0 Å². The molecule has 0 heterocycles. The molecule has 0 radical (unpaired) electrons. The summed E-state index contributed by atoms with van der Waals surface area (Å²) in [4.78, 5) is 23.1. The Morgan fingerprint density at radius 3 is 1.23 bits per heavy atom. The molecule has 0 fully saturated rings. The standard InChI is InChI=1S/C62H108NO7P/c1-6-8-10-12-14-16-18-20-22-24-26-28-30-31-32-34-36-38-40-42-44-46-48-50-52-54-57-67-59-61(60-69-71(65,66)68-58-56-63(3,4)5)70-62(64)55-53-51-49-47-45-43-41-39-37-35-33-29-27-25-23-21-19-17-15-13-11-9-7-2/h8,10,14,16,19-22,25-28,31-33,35-36,38,61H,6-7,9,11-13,15,17-18,23-24,29-30,34,37,39-60H2,1-5H3/p+1/b10-8-,16-14-,21-19-,22-20-,27-25-,28-26-,32-31-,35-33-,38-36-. The molecule has 0 bridgehead atoms. The first-order chi connectivity index (χ1) is 34.6. The van der Waals surface area contributed by atoms with Crippen LogP contribution in [0.3, 0.4) is 0 Å². The maximum atomic E-state index is 12.8. The van der Waals surface area contributed by atoms with Crippen molar-refractivity contribution in [3.63, 3.8) is 0 Å². The smallest absolute Gasteiger partial charge is 0.457 e. The number of carbonyl (C=O) groups excluding carboxylic acids is 1. The van der Waals surface area contributed by atoms with Crippen LogP contribution in [0.15, 0.2) is 109 Å². The molecular formula is C62H109NO7P+. The Kier molecular flexibility index (Phi) is 51.3. The van der Waals surface area contributed by atoms with E-state index in [1.807, 2.05) is 21.1 Å². The summed E-state index contributed by atoms with van der Waals surface area (Å²) in [7, 11) is 1.64. The summed E-state index contributed by atoms with van der Waals surface area (Å²) >= 11 is 0. The highest BCUT2D eigenvalue weighted by atomic mass is 31.2. The van der Waals surface area contributed by atoms with Gasteiger partial charge in [0.2, 0.25) is 0 Å². The molecule has 0 aliphatic rings. The number of hydrogen-bond donors (Lipinski definition) is 1. The van der Waals surface area contributed by atoms with E-state index in [-0.39, 0.29) is 25.8 Å². The minimum atomic E-state index is -4.30. The van der Waals surface area contributed by atoms with Gasteiger partial charge in [0.05, 0.1) is 34.4 Å². The van der Waals surface area contributed by atoms with Gasteiger partial charge in [0.1, 0.15) is 19.3 Å². The zero-order chi connectivity index (χ0) is 51.9. The quantitative estimate of drug-likeness (QED) is 0.0213. The first kappa shape index (κ1) is 68.2. The summed E-state index contributed by atoms with van der Waals surface area (Å²) < 4.78 is 35.2. The van der Waals surface area contributed by atoms with Gasteiger partial charge in [-0.2, -0.15) is 0 Å². The van der Waals surface area contributed by atoms with E-state index < -0.39 is 13.9 Å². The number of phosphoric ester groups is 1. The summed E-state index contributed by atoms with van der Waals surface area (Å²) in [6, 6.07) is 0. The van der Waals surface area contributed by atoms with Gasteiger partial charge >= 0.3 is 13.8 Å². The average Bonchev–Trinajstić information content (AvgIpc) is 3.33. The number of carbonyl (C=O) groups is 1. The van der Waals surface area contributed by atoms with E-state index in [0.717, 1.165) is 103 Å². The summed E-state index contributed by atoms with van der Waals surface area (Å²) in [5.74, 6) is -0.328. The Labute approximate surface area is 438 Å². The molecule has 0 saturated carbocycles. The number of hydrogen-bond acceptors (Lipinski definition) is 6. The van der Waals surface area contributed by atoms with Gasteiger partial charge in [-0.25, -0.2) is 4.57 Å². The monoisotopic (exact) mass is 1010 g/mol. The minimum absolute atomic E-state index is 0.0784. The minimum Gasteiger partial charge on any atom is -0.457 e. The second kappa shape index (κ2) is 53.5. The Morgan fingerprint density at radius 2 is 0.817 bits per heavy atom. The number of phosphoric acid groups is 1. The van der Waals surface area contributed by atoms with Crippen LogP contribution in [0.2, 0.25) is 0 Å². The predicted molar refractivity (Wildman–Crippen MR) is 307 cm³/mol. The highest BCUT2D eigenvalue weighted by molar-refractivity contribution is 7.47. The molecule has 0 aliphatic heterocycles. The fourth-order valence-corrected chi connectivity index (χ4v) is 8.19. The van der Waals surface area contributed by atoms with Gasteiger partial charge < -0.3 is 18.9 Å². The van der Waals surface area contributed by atoms with Gasteiger partial charge in [-0.05, 0) is 103 Å². The number of quaternary nitrogens is 1. The third kappa shape index (κ3) is 57.9. The van der Waals surface area contributed by atoms with Gasteiger partial charge in [-0.1, -0.05) is 220 Å². The molecule has 2 unspecified atom stereocenters. The summed E-state index contributed by atoms with van der Waals surface area (Å²) in [6.45, 7) is 5.45. The maximum absolute atomic E-state index is 12.8. The lowest BCUT2D eigenvalue weighted by atomic mass is 10.1. The maximum Gasteiger partial charge on any atom is 0.472 e. The molecule has 0 amide bonds. The van der Waals surface area contributed by atoms with Crippen LogP contribution in [0, 0.1) is 0 Å². The molecule has 0 saturated heterocycles. The van der Waals surface area contributed by atoms with Crippen molar-refractivity contribution in [2.75, 3.05) is 54.1 Å². The van der Waals surface area contributed by atoms with E-state index >= 15 is 0 Å². The highest BCUT2D eigenvalue weighted by Gasteiger charge is 2.26. The molecule has 71 heavy (non-hydrogen) atoms. The molecule has 9 heteroatoms. The predicted octanol–water partition coefficient (Wildman–Crippen LogP) is 18.3. The van der Waals surface area contributed by atoms with Gasteiger partial charge in [-0.3, -0.25) is 13.8 Å². The van der Waals surface area contributed by atoms with Crippen LogP contribution in [0.4, 0.5) is 0 Å². The topological polar surface area (TPSA) is 91.3 Å². The van der Waals surface area contributed by atoms with Gasteiger partial charge in [-0.15, -0.1) is 0 Å². The third-order valence-corrected chi connectivity index (χ3v) is 12.8. The fourth-order valence-electron chi connectivity index (χ4n) is 7.45. The number of ether oxygens (including phenoxy) is 2. The van der Waals surface area contributed by atoms with Gasteiger partial charge in [0, 0.05) is 13.0 Å². The van der Waals surface area contributed by atoms with Crippen LogP contribution in [0.25, 0.3) is 0 Å². The van der Waals surface area contributed by atoms with Gasteiger partial charge in [0.15, 0.2) is 0 Å². The summed E-state index contributed by atoms with van der Waals surface area (Å²) in [6.07, 6.45) is 75.7. The van der Waals surface area contributed by atoms with Crippen molar-refractivity contribution in [3.8, 4) is 0 Å². The molecule has 0 rings (SSSR count). The first-order valence-electron chi connectivity index (χ1n) is 28.6. The molecule has 0 aromatic rings. The lowest BCUT2D eigenvalue weighted by Crippen LogP contribution is -2.37. The van der Waals surface area contributed by atoms with Crippen molar-refractivity contribution in [1.82, 2.24) is 0 Å². The van der Waals surface area contributed by atoms with Crippen molar-refractivity contribution < 1.29 is 37.3 Å². The van der Waals surface area contributed by atoms with Crippen LogP contribution in [-0.4, -0.2) is 75.6 Å². The van der Waals surface area contributed by atoms with Crippen molar-refractivity contribution in [3.05, 3.63) is 109 Å². The molecule has 0 aromatic heterocycles. The third-order valence-electron chi connectivity index (χ3n) is 11.8. The SMILES string of the molecule is CC/C=C\C/C=C\C/C=C\C/C=C\C/C=C\C/C=C\CCCCCCCCCOCC(COP(=O)(O)OCC[N+](C)(C)C)OC(=O)CCCCCCCCCC/C=C\C/C=C\C/C=C\CCCCCCC.